The number of hydrogen-bond donors (Lipinski definition) is 1. The van der Waals surface area contributed by atoms with Gasteiger partial charge in [-0.1, -0.05) is 0 Å². The van der Waals surface area contributed by atoms with Crippen LogP contribution in [0.1, 0.15) is 18.4 Å². The normalized spacial score (nSPS) is 17.2. The zero-order valence-electron chi connectivity index (χ0n) is 6.53. The summed E-state index contributed by atoms with van der Waals surface area (Å²) in [6.45, 7) is 1.69. The molecule has 1 aromatic rings. The molecule has 2 rings (SSSR count). The molecule has 1 saturated carbocycles. The van der Waals surface area contributed by atoms with E-state index in [2.05, 4.69) is 5.10 Å². The topological polar surface area (TPSA) is 43.8 Å². The average molecular weight is 151 g/mol. The largest absolute Gasteiger partial charge is 0.326 e. The molecule has 0 saturated heterocycles. The van der Waals surface area contributed by atoms with Gasteiger partial charge < -0.3 is 5.73 Å². The van der Waals surface area contributed by atoms with E-state index in [1.807, 2.05) is 17.1 Å². The Morgan fingerprint density at radius 1 is 1.64 bits per heavy atom. The summed E-state index contributed by atoms with van der Waals surface area (Å²) >= 11 is 0. The van der Waals surface area contributed by atoms with Gasteiger partial charge in [0, 0.05) is 24.8 Å². The number of rotatable bonds is 3. The number of nitrogens with two attached hydrogens (primary N) is 1. The van der Waals surface area contributed by atoms with Crippen molar-refractivity contribution < 1.29 is 0 Å². The fraction of sp³-hybridized carbons (Fsp3) is 0.625. The lowest BCUT2D eigenvalue weighted by Crippen LogP contribution is -1.99. The van der Waals surface area contributed by atoms with Crippen LogP contribution in [0.15, 0.2) is 12.4 Å². The summed E-state index contributed by atoms with van der Waals surface area (Å²) in [5, 5.41) is 4.20. The molecule has 3 heteroatoms. The molecular formula is C8H13N3. The van der Waals surface area contributed by atoms with Crippen LogP contribution in [0.2, 0.25) is 0 Å². The Morgan fingerprint density at radius 2 is 2.45 bits per heavy atom. The Bertz CT molecular complexity index is 237. The van der Waals surface area contributed by atoms with Crippen LogP contribution in [0.5, 0.6) is 0 Å². The molecule has 2 N–H and O–H groups in total. The highest BCUT2D eigenvalue weighted by Gasteiger charge is 2.21. The van der Waals surface area contributed by atoms with Gasteiger partial charge >= 0.3 is 0 Å². The predicted octanol–water partition coefficient (Wildman–Crippen LogP) is 0.752. The van der Waals surface area contributed by atoms with Crippen LogP contribution in [0.25, 0.3) is 0 Å². The maximum absolute atomic E-state index is 5.46. The van der Waals surface area contributed by atoms with E-state index in [1.165, 1.54) is 12.8 Å². The van der Waals surface area contributed by atoms with Gasteiger partial charge in [0.25, 0.3) is 0 Å². The Morgan fingerprint density at radius 3 is 3.00 bits per heavy atom. The van der Waals surface area contributed by atoms with Crippen molar-refractivity contribution in [3.05, 3.63) is 18.0 Å². The Balaban J connectivity index is 1.99. The van der Waals surface area contributed by atoms with Crippen LogP contribution in [0.4, 0.5) is 0 Å². The second-order valence-electron chi connectivity index (χ2n) is 3.22. The molecule has 0 atom stereocenters. The lowest BCUT2D eigenvalue weighted by Gasteiger charge is -1.95. The minimum Gasteiger partial charge on any atom is -0.326 e. The van der Waals surface area contributed by atoms with E-state index in [1.54, 1.807) is 0 Å². The average Bonchev–Trinajstić information content (AvgIpc) is 2.68. The van der Waals surface area contributed by atoms with E-state index in [4.69, 9.17) is 5.73 Å². The molecule has 3 nitrogen and oxygen atoms in total. The van der Waals surface area contributed by atoms with Crippen LogP contribution in [0.3, 0.4) is 0 Å². The summed E-state index contributed by atoms with van der Waals surface area (Å²) in [6.07, 6.45) is 6.64. The van der Waals surface area contributed by atoms with E-state index in [0.29, 0.717) is 6.54 Å². The lowest BCUT2D eigenvalue weighted by molar-refractivity contribution is 0.563. The van der Waals surface area contributed by atoms with Crippen LogP contribution < -0.4 is 5.73 Å². The summed E-state index contributed by atoms with van der Waals surface area (Å²) in [5.41, 5.74) is 6.59. The predicted molar refractivity (Wildman–Crippen MR) is 42.8 cm³/mol. The molecule has 0 amide bonds. The van der Waals surface area contributed by atoms with Crippen LogP contribution in [-0.4, -0.2) is 9.78 Å². The fourth-order valence-corrected chi connectivity index (χ4v) is 1.18. The molecule has 1 aliphatic rings. The highest BCUT2D eigenvalue weighted by atomic mass is 15.3. The summed E-state index contributed by atoms with van der Waals surface area (Å²) in [4.78, 5) is 0. The van der Waals surface area contributed by atoms with E-state index in [0.717, 1.165) is 18.0 Å². The number of aromatic nitrogens is 2. The summed E-state index contributed by atoms with van der Waals surface area (Å²) in [5.74, 6) is 0.889. The quantitative estimate of drug-likeness (QED) is 0.692. The first kappa shape index (κ1) is 6.85. The van der Waals surface area contributed by atoms with Crippen molar-refractivity contribution in [3.8, 4) is 0 Å². The maximum atomic E-state index is 5.46. The number of hydrogen-bond acceptors (Lipinski definition) is 2. The zero-order valence-corrected chi connectivity index (χ0v) is 6.53. The maximum Gasteiger partial charge on any atom is 0.0534 e. The third kappa shape index (κ3) is 1.60. The van der Waals surface area contributed by atoms with Gasteiger partial charge in [-0.2, -0.15) is 5.10 Å². The van der Waals surface area contributed by atoms with Crippen LogP contribution in [-0.2, 0) is 13.1 Å². The van der Waals surface area contributed by atoms with Gasteiger partial charge in [0.15, 0.2) is 0 Å². The van der Waals surface area contributed by atoms with Crippen molar-refractivity contribution in [2.24, 2.45) is 11.7 Å². The second-order valence-corrected chi connectivity index (χ2v) is 3.22. The standard InChI is InChI=1S/C8H13N3/c9-3-8-4-10-11(6-8)5-7-1-2-7/h4,6-7H,1-3,5,9H2. The van der Waals surface area contributed by atoms with Crippen molar-refractivity contribution in [1.82, 2.24) is 9.78 Å². The smallest absolute Gasteiger partial charge is 0.0534 e. The summed E-state index contributed by atoms with van der Waals surface area (Å²) < 4.78 is 2.00. The number of nitrogens with zero attached hydrogens (tertiary/aromatic N) is 2. The molecule has 11 heavy (non-hydrogen) atoms. The van der Waals surface area contributed by atoms with Gasteiger partial charge in [-0.05, 0) is 18.8 Å². The highest BCUT2D eigenvalue weighted by Crippen LogP contribution is 2.30. The van der Waals surface area contributed by atoms with Crippen molar-refractivity contribution in [1.29, 1.82) is 0 Å². The van der Waals surface area contributed by atoms with Gasteiger partial charge in [-0.25, -0.2) is 0 Å². The van der Waals surface area contributed by atoms with Gasteiger partial charge in [-0.15, -0.1) is 0 Å². The van der Waals surface area contributed by atoms with Crippen molar-refractivity contribution >= 4 is 0 Å². The first-order valence-electron chi connectivity index (χ1n) is 4.10. The lowest BCUT2D eigenvalue weighted by atomic mass is 10.4. The van der Waals surface area contributed by atoms with Gasteiger partial charge in [0.1, 0.15) is 0 Å². The van der Waals surface area contributed by atoms with E-state index in [9.17, 15) is 0 Å². The molecule has 0 bridgehead atoms. The van der Waals surface area contributed by atoms with Crippen molar-refractivity contribution in [2.45, 2.75) is 25.9 Å². The molecule has 0 unspecified atom stereocenters. The molecule has 0 aliphatic heterocycles. The summed E-state index contributed by atoms with van der Waals surface area (Å²) in [6, 6.07) is 0. The van der Waals surface area contributed by atoms with Crippen LogP contribution in [0, 0.1) is 5.92 Å². The van der Waals surface area contributed by atoms with Gasteiger partial charge in [0.2, 0.25) is 0 Å². The van der Waals surface area contributed by atoms with Crippen molar-refractivity contribution in [2.75, 3.05) is 0 Å². The molecule has 1 aliphatic carbocycles. The zero-order chi connectivity index (χ0) is 7.68. The summed E-state index contributed by atoms with van der Waals surface area (Å²) in [7, 11) is 0. The third-order valence-corrected chi connectivity index (χ3v) is 2.06. The SMILES string of the molecule is NCc1cnn(CC2CC2)c1. The molecule has 1 heterocycles. The second kappa shape index (κ2) is 2.66. The first-order chi connectivity index (χ1) is 5.38. The van der Waals surface area contributed by atoms with E-state index < -0.39 is 0 Å². The van der Waals surface area contributed by atoms with Gasteiger partial charge in [0.05, 0.1) is 6.20 Å². The fourth-order valence-electron chi connectivity index (χ4n) is 1.18. The molecule has 0 radical (unpaired) electrons. The monoisotopic (exact) mass is 151 g/mol. The molecule has 1 aromatic heterocycles. The minimum atomic E-state index is 0.602. The van der Waals surface area contributed by atoms with Gasteiger partial charge in [-0.3, -0.25) is 4.68 Å². The van der Waals surface area contributed by atoms with Crippen molar-refractivity contribution in [3.63, 3.8) is 0 Å². The van der Waals surface area contributed by atoms with Crippen LogP contribution >= 0.6 is 0 Å². The molecule has 60 valence electrons. The van der Waals surface area contributed by atoms with E-state index in [-0.39, 0.29) is 0 Å². The minimum absolute atomic E-state index is 0.602. The highest BCUT2D eigenvalue weighted by molar-refractivity contribution is 5.02. The molecule has 0 spiro atoms. The molecule has 1 fully saturated rings. The Hall–Kier alpha value is -0.830. The first-order valence-corrected chi connectivity index (χ1v) is 4.10. The Labute approximate surface area is 66.2 Å². The van der Waals surface area contributed by atoms with E-state index >= 15 is 0 Å². The Kier molecular flexibility index (Phi) is 1.66. The molecule has 0 aromatic carbocycles. The molecular weight excluding hydrogens is 138 g/mol. The third-order valence-electron chi connectivity index (χ3n) is 2.06.